The normalized spacial score (nSPS) is 15.8. The van der Waals surface area contributed by atoms with Crippen LogP contribution in [0.2, 0.25) is 0 Å². The van der Waals surface area contributed by atoms with Crippen molar-refractivity contribution >= 4 is 17.4 Å². The molecule has 0 saturated carbocycles. The van der Waals surface area contributed by atoms with E-state index in [0.29, 0.717) is 16.5 Å². The zero-order valence-corrected chi connectivity index (χ0v) is 13.0. The highest BCUT2D eigenvalue weighted by molar-refractivity contribution is 7.99. The Kier molecular flexibility index (Phi) is 3.35. The number of benzene rings is 2. The lowest BCUT2D eigenvalue weighted by Gasteiger charge is -2.13. The van der Waals surface area contributed by atoms with Crippen molar-refractivity contribution in [3.63, 3.8) is 0 Å². The molecule has 2 aromatic carbocycles. The first kappa shape index (κ1) is 14.5. The highest BCUT2D eigenvalue weighted by Gasteiger charge is 2.29. The summed E-state index contributed by atoms with van der Waals surface area (Å²) in [4.78, 5) is 10.3. The lowest BCUT2D eigenvalue weighted by atomic mass is 10.2. The average Bonchev–Trinajstić information content (AvgIpc) is 3.16. The summed E-state index contributed by atoms with van der Waals surface area (Å²) in [7, 11) is 0. The van der Waals surface area contributed by atoms with Gasteiger partial charge in [0.25, 0.3) is 5.69 Å². The maximum atomic E-state index is 10.8. The van der Waals surface area contributed by atoms with Crippen LogP contribution >= 0.6 is 11.8 Å². The van der Waals surface area contributed by atoms with Crippen molar-refractivity contribution in [2.24, 2.45) is 0 Å². The maximum Gasteiger partial charge on any atom is 0.269 e. The molecular formula is C15H11N5O3S. The summed E-state index contributed by atoms with van der Waals surface area (Å²) in [6.45, 7) is 0. The van der Waals surface area contributed by atoms with Crippen LogP contribution in [0.4, 0.5) is 5.69 Å². The lowest BCUT2D eigenvalue weighted by molar-refractivity contribution is -0.384. The first-order chi connectivity index (χ1) is 11.6. The number of nitro benzene ring substituents is 1. The number of aromatic hydroxyl groups is 1. The van der Waals surface area contributed by atoms with E-state index in [1.807, 2.05) is 12.1 Å². The number of nitro groups is 1. The molecule has 2 N–H and O–H groups in total. The van der Waals surface area contributed by atoms with E-state index in [-0.39, 0.29) is 16.8 Å². The Morgan fingerprint density at radius 1 is 1.17 bits per heavy atom. The van der Waals surface area contributed by atoms with Crippen LogP contribution in [0.25, 0.3) is 11.4 Å². The minimum atomic E-state index is -0.444. The second-order valence-electron chi connectivity index (χ2n) is 5.13. The molecule has 1 aromatic heterocycles. The fraction of sp³-hybridized carbons (Fsp3) is 0.0667. The molecule has 0 fully saturated rings. The zero-order chi connectivity index (χ0) is 16.7. The largest absolute Gasteiger partial charge is 0.508 e. The van der Waals surface area contributed by atoms with Crippen LogP contribution in [0.5, 0.6) is 5.75 Å². The van der Waals surface area contributed by atoms with Gasteiger partial charge in [-0.1, -0.05) is 30.0 Å². The number of fused-ring (bicyclic) bond motifs is 1. The molecule has 1 aliphatic heterocycles. The molecule has 1 aliphatic rings. The number of nitrogens with one attached hydrogen (secondary N) is 1. The summed E-state index contributed by atoms with van der Waals surface area (Å²) in [5, 5.41) is 29.5. The number of para-hydroxylation sites is 1. The third kappa shape index (κ3) is 2.35. The quantitative estimate of drug-likeness (QED) is 0.557. The van der Waals surface area contributed by atoms with Gasteiger partial charge in [-0.3, -0.25) is 10.1 Å². The monoisotopic (exact) mass is 341 g/mol. The van der Waals surface area contributed by atoms with Crippen molar-refractivity contribution < 1.29 is 10.0 Å². The standard InChI is InChI=1S/C15H11N5O3S/c21-12-4-2-1-3-11(12)14-18-19-13(16-17-15(19)24-14)9-5-7-10(8-6-9)20(22)23/h1-8,14,18,21H. The molecule has 8 nitrogen and oxygen atoms in total. The molecule has 1 atom stereocenters. The third-order valence-electron chi connectivity index (χ3n) is 3.66. The SMILES string of the molecule is O=[N+]([O-])c1ccc(-c2nnc3n2NC(c2ccccc2O)S3)cc1. The number of hydrogen-bond acceptors (Lipinski definition) is 7. The predicted molar refractivity (Wildman–Crippen MR) is 88.2 cm³/mol. The van der Waals surface area contributed by atoms with E-state index in [9.17, 15) is 15.2 Å². The molecule has 1 unspecified atom stereocenters. The summed E-state index contributed by atoms with van der Waals surface area (Å²) >= 11 is 1.44. The van der Waals surface area contributed by atoms with Crippen LogP contribution in [-0.2, 0) is 0 Å². The number of hydrogen-bond donors (Lipinski definition) is 2. The van der Waals surface area contributed by atoms with Crippen molar-refractivity contribution in [1.82, 2.24) is 14.9 Å². The minimum Gasteiger partial charge on any atom is -0.508 e. The molecule has 4 rings (SSSR count). The van der Waals surface area contributed by atoms with Gasteiger partial charge < -0.3 is 10.5 Å². The van der Waals surface area contributed by atoms with Crippen molar-refractivity contribution in [2.75, 3.05) is 5.43 Å². The van der Waals surface area contributed by atoms with Gasteiger partial charge in [0.1, 0.15) is 11.1 Å². The van der Waals surface area contributed by atoms with Crippen molar-refractivity contribution in [3.8, 4) is 17.1 Å². The van der Waals surface area contributed by atoms with Crippen LogP contribution in [0.1, 0.15) is 10.9 Å². The van der Waals surface area contributed by atoms with Gasteiger partial charge in [0.15, 0.2) is 5.82 Å². The Labute approximate surface area is 140 Å². The molecule has 3 aromatic rings. The summed E-state index contributed by atoms with van der Waals surface area (Å²) < 4.78 is 1.73. The van der Waals surface area contributed by atoms with Crippen LogP contribution in [0.15, 0.2) is 53.7 Å². The fourth-order valence-electron chi connectivity index (χ4n) is 2.47. The van der Waals surface area contributed by atoms with E-state index >= 15 is 0 Å². The molecule has 0 saturated heterocycles. The Morgan fingerprint density at radius 2 is 1.92 bits per heavy atom. The van der Waals surface area contributed by atoms with E-state index < -0.39 is 4.92 Å². The number of phenolic OH excluding ortho intramolecular Hbond substituents is 1. The topological polar surface area (TPSA) is 106 Å². The van der Waals surface area contributed by atoms with Gasteiger partial charge in [-0.25, -0.2) is 4.68 Å². The van der Waals surface area contributed by atoms with Gasteiger partial charge in [0, 0.05) is 23.3 Å². The van der Waals surface area contributed by atoms with Crippen molar-refractivity contribution in [2.45, 2.75) is 10.5 Å². The van der Waals surface area contributed by atoms with Gasteiger partial charge in [-0.2, -0.15) is 0 Å². The van der Waals surface area contributed by atoms with Gasteiger partial charge in [0.2, 0.25) is 5.16 Å². The first-order valence-electron chi connectivity index (χ1n) is 7.05. The fourth-order valence-corrected chi connectivity index (χ4v) is 3.50. The molecule has 120 valence electrons. The average molecular weight is 341 g/mol. The summed E-state index contributed by atoms with van der Waals surface area (Å²) in [5.74, 6) is 0.767. The second kappa shape index (κ2) is 5.53. The maximum absolute atomic E-state index is 10.8. The molecule has 0 spiro atoms. The van der Waals surface area contributed by atoms with E-state index in [1.165, 1.54) is 23.9 Å². The van der Waals surface area contributed by atoms with Crippen molar-refractivity contribution in [1.29, 1.82) is 0 Å². The number of aromatic nitrogens is 3. The second-order valence-corrected chi connectivity index (χ2v) is 6.20. The molecule has 0 amide bonds. The van der Waals surface area contributed by atoms with Gasteiger partial charge >= 0.3 is 0 Å². The number of thioether (sulfide) groups is 1. The number of rotatable bonds is 3. The summed E-state index contributed by atoms with van der Waals surface area (Å²) in [6.07, 6.45) is 0. The van der Waals surface area contributed by atoms with Crippen LogP contribution in [-0.4, -0.2) is 24.9 Å². The Morgan fingerprint density at radius 3 is 2.62 bits per heavy atom. The Balaban J connectivity index is 1.65. The molecular weight excluding hydrogens is 330 g/mol. The van der Waals surface area contributed by atoms with E-state index in [2.05, 4.69) is 15.6 Å². The highest BCUT2D eigenvalue weighted by atomic mass is 32.2. The molecule has 0 bridgehead atoms. The summed E-state index contributed by atoms with van der Waals surface area (Å²) in [6, 6.07) is 13.2. The predicted octanol–water partition coefficient (Wildman–Crippen LogP) is 2.91. The number of phenols is 1. The van der Waals surface area contributed by atoms with E-state index in [1.54, 1.807) is 28.9 Å². The van der Waals surface area contributed by atoms with Crippen molar-refractivity contribution in [3.05, 3.63) is 64.2 Å². The Bertz CT molecular complexity index is 925. The molecule has 24 heavy (non-hydrogen) atoms. The van der Waals surface area contributed by atoms with E-state index in [4.69, 9.17) is 0 Å². The lowest BCUT2D eigenvalue weighted by Crippen LogP contribution is -2.13. The highest BCUT2D eigenvalue weighted by Crippen LogP contribution is 2.42. The molecule has 0 aliphatic carbocycles. The molecule has 9 heteroatoms. The molecule has 2 heterocycles. The van der Waals surface area contributed by atoms with Crippen LogP contribution in [0, 0.1) is 10.1 Å². The first-order valence-corrected chi connectivity index (χ1v) is 7.93. The van der Waals surface area contributed by atoms with Gasteiger partial charge in [-0.05, 0) is 18.2 Å². The summed E-state index contributed by atoms with van der Waals surface area (Å²) in [5.41, 5.74) is 4.73. The van der Waals surface area contributed by atoms with Gasteiger partial charge in [0.05, 0.1) is 4.92 Å². The van der Waals surface area contributed by atoms with Crippen LogP contribution < -0.4 is 5.43 Å². The number of nitrogens with zero attached hydrogens (tertiary/aromatic N) is 4. The number of non-ortho nitro benzene ring substituents is 1. The van der Waals surface area contributed by atoms with Crippen LogP contribution in [0.3, 0.4) is 0 Å². The smallest absolute Gasteiger partial charge is 0.269 e. The van der Waals surface area contributed by atoms with Gasteiger partial charge in [-0.15, -0.1) is 10.2 Å². The minimum absolute atomic E-state index is 0.0225. The van der Waals surface area contributed by atoms with E-state index in [0.717, 1.165) is 5.56 Å². The Hall–Kier alpha value is -3.07. The molecule has 0 radical (unpaired) electrons. The third-order valence-corrected chi connectivity index (χ3v) is 4.73. The zero-order valence-electron chi connectivity index (χ0n) is 12.2.